The van der Waals surface area contributed by atoms with E-state index in [-0.39, 0.29) is 24.3 Å². The normalized spacial score (nSPS) is 21.4. The van der Waals surface area contributed by atoms with E-state index in [2.05, 4.69) is 5.32 Å². The molecule has 0 unspecified atom stereocenters. The van der Waals surface area contributed by atoms with Gasteiger partial charge in [-0.05, 0) is 66.7 Å². The molecule has 2 atom stereocenters. The highest BCUT2D eigenvalue weighted by molar-refractivity contribution is 5.86. The highest BCUT2D eigenvalue weighted by Gasteiger charge is 2.37. The first-order valence-electron chi connectivity index (χ1n) is 11.4. The molecular formula is C23H40N2O5. The van der Waals surface area contributed by atoms with Crippen LogP contribution >= 0.6 is 0 Å². The third-order valence-corrected chi connectivity index (χ3v) is 5.54. The molecule has 0 bridgehead atoms. The summed E-state index contributed by atoms with van der Waals surface area (Å²) in [6, 6.07) is -0.550. The van der Waals surface area contributed by atoms with Crippen LogP contribution in [0.5, 0.6) is 0 Å². The number of esters is 1. The van der Waals surface area contributed by atoms with Crippen LogP contribution < -0.4 is 5.32 Å². The Morgan fingerprint density at radius 1 is 0.933 bits per heavy atom. The number of rotatable bonds is 6. The molecule has 7 nitrogen and oxygen atoms in total. The van der Waals surface area contributed by atoms with Crippen molar-refractivity contribution in [2.45, 2.75) is 104 Å². The minimum Gasteiger partial charge on any atom is -0.460 e. The van der Waals surface area contributed by atoms with Crippen molar-refractivity contribution >= 4 is 18.0 Å². The van der Waals surface area contributed by atoms with Crippen LogP contribution in [0.2, 0.25) is 0 Å². The van der Waals surface area contributed by atoms with Gasteiger partial charge in [-0.3, -0.25) is 14.5 Å². The van der Waals surface area contributed by atoms with Crippen LogP contribution in [0.3, 0.4) is 0 Å². The smallest absolute Gasteiger partial charge is 0.410 e. The van der Waals surface area contributed by atoms with Crippen LogP contribution in [-0.4, -0.2) is 53.2 Å². The van der Waals surface area contributed by atoms with Gasteiger partial charge in [0.15, 0.2) is 0 Å². The summed E-state index contributed by atoms with van der Waals surface area (Å²) in [4.78, 5) is 39.6. The van der Waals surface area contributed by atoms with Crippen molar-refractivity contribution in [1.82, 2.24) is 10.2 Å². The van der Waals surface area contributed by atoms with Crippen molar-refractivity contribution in [3.8, 4) is 0 Å². The van der Waals surface area contributed by atoms with Crippen molar-refractivity contribution in [2.75, 3.05) is 13.1 Å². The maximum atomic E-state index is 12.9. The lowest BCUT2D eigenvalue weighted by molar-refractivity contribution is -0.160. The van der Waals surface area contributed by atoms with Crippen LogP contribution in [0.4, 0.5) is 4.79 Å². The molecule has 2 fully saturated rings. The first-order chi connectivity index (χ1) is 13.9. The van der Waals surface area contributed by atoms with Gasteiger partial charge in [0.05, 0.1) is 5.92 Å². The number of amides is 2. The Morgan fingerprint density at radius 2 is 1.53 bits per heavy atom. The molecule has 1 heterocycles. The zero-order valence-electron chi connectivity index (χ0n) is 19.6. The fourth-order valence-electron chi connectivity index (χ4n) is 4.22. The summed E-state index contributed by atoms with van der Waals surface area (Å²) in [6.07, 6.45) is 6.28. The van der Waals surface area contributed by atoms with Gasteiger partial charge in [-0.15, -0.1) is 0 Å². The lowest BCUT2D eigenvalue weighted by Crippen LogP contribution is -2.49. The largest absolute Gasteiger partial charge is 0.460 e. The maximum Gasteiger partial charge on any atom is 0.410 e. The number of likely N-dealkylation sites (tertiary alicyclic amines) is 1. The van der Waals surface area contributed by atoms with Crippen molar-refractivity contribution in [2.24, 2.45) is 11.8 Å². The molecule has 1 saturated heterocycles. The number of nitrogens with zero attached hydrogens (tertiary/aromatic N) is 1. The Bertz CT molecular complexity index is 614. The average Bonchev–Trinajstić information content (AvgIpc) is 3.26. The minimum absolute atomic E-state index is 0.224. The van der Waals surface area contributed by atoms with Crippen LogP contribution in [0.25, 0.3) is 0 Å². The van der Waals surface area contributed by atoms with Crippen LogP contribution in [0.1, 0.15) is 86.5 Å². The molecule has 1 N–H and O–H groups in total. The second kappa shape index (κ2) is 10.0. The van der Waals surface area contributed by atoms with Gasteiger partial charge in [0.1, 0.15) is 17.2 Å². The van der Waals surface area contributed by atoms with E-state index in [1.807, 2.05) is 41.5 Å². The molecule has 1 saturated carbocycles. The molecular weight excluding hydrogens is 384 g/mol. The first-order valence-corrected chi connectivity index (χ1v) is 11.4. The van der Waals surface area contributed by atoms with Gasteiger partial charge >= 0.3 is 12.1 Å². The molecule has 1 aliphatic heterocycles. The van der Waals surface area contributed by atoms with Crippen molar-refractivity contribution in [3.05, 3.63) is 0 Å². The number of carbonyl (C=O) groups is 3. The van der Waals surface area contributed by atoms with Crippen LogP contribution in [0, 0.1) is 11.8 Å². The summed E-state index contributed by atoms with van der Waals surface area (Å²) < 4.78 is 11.0. The summed E-state index contributed by atoms with van der Waals surface area (Å²) in [5.74, 6) is -0.347. The topological polar surface area (TPSA) is 84.9 Å². The molecule has 0 radical (unpaired) electrons. The predicted molar refractivity (Wildman–Crippen MR) is 115 cm³/mol. The standard InChI is InChI=1S/C23H40N2O5/c1-22(2,3)29-20(27)17(14-16-10-7-8-11-16)15-24-19(26)18-12-9-13-25(18)21(28)30-23(4,5)6/h16-18H,7-15H2,1-6H3,(H,24,26)/t17-,18-/m0/s1. The number of carbonyl (C=O) groups excluding carboxylic acids is 3. The Hall–Kier alpha value is -1.79. The SMILES string of the molecule is CC(C)(C)OC(=O)[C@H](CNC(=O)[C@@H]1CCCN1C(=O)OC(C)(C)C)CC1CCCC1. The summed E-state index contributed by atoms with van der Waals surface area (Å²) >= 11 is 0. The second-order valence-corrected chi connectivity index (χ2v) is 10.7. The molecule has 2 aliphatic rings. The minimum atomic E-state index is -0.607. The number of nitrogens with one attached hydrogen (secondary N) is 1. The van der Waals surface area contributed by atoms with E-state index in [9.17, 15) is 14.4 Å². The van der Waals surface area contributed by atoms with Gasteiger partial charge in [-0.1, -0.05) is 25.7 Å². The van der Waals surface area contributed by atoms with E-state index in [0.29, 0.717) is 18.9 Å². The monoisotopic (exact) mass is 424 g/mol. The van der Waals surface area contributed by atoms with E-state index in [1.165, 1.54) is 17.7 Å². The molecule has 0 aromatic carbocycles. The number of hydrogen-bond donors (Lipinski definition) is 1. The first kappa shape index (κ1) is 24.5. The van der Waals surface area contributed by atoms with Gasteiger partial charge in [0.2, 0.25) is 5.91 Å². The lowest BCUT2D eigenvalue weighted by atomic mass is 9.93. The predicted octanol–water partition coefficient (Wildman–Crippen LogP) is 4.04. The van der Waals surface area contributed by atoms with E-state index in [0.717, 1.165) is 25.7 Å². The Morgan fingerprint density at radius 3 is 2.10 bits per heavy atom. The van der Waals surface area contributed by atoms with Gasteiger partial charge in [-0.25, -0.2) is 4.79 Å². The quantitative estimate of drug-likeness (QED) is 0.651. The summed E-state index contributed by atoms with van der Waals surface area (Å²) in [6.45, 7) is 11.7. The van der Waals surface area contributed by atoms with Gasteiger partial charge in [0, 0.05) is 13.1 Å². The molecule has 0 aromatic heterocycles. The van der Waals surface area contributed by atoms with Crippen molar-refractivity contribution in [1.29, 1.82) is 0 Å². The molecule has 2 rings (SSSR count). The fraction of sp³-hybridized carbons (Fsp3) is 0.870. The third kappa shape index (κ3) is 7.80. The Balaban J connectivity index is 1.97. The van der Waals surface area contributed by atoms with Crippen LogP contribution in [0.15, 0.2) is 0 Å². The molecule has 7 heteroatoms. The van der Waals surface area contributed by atoms with E-state index in [4.69, 9.17) is 9.47 Å². The molecule has 30 heavy (non-hydrogen) atoms. The summed E-state index contributed by atoms with van der Waals surface area (Å²) in [5, 5.41) is 2.92. The van der Waals surface area contributed by atoms with Gasteiger partial charge < -0.3 is 14.8 Å². The molecule has 1 aliphatic carbocycles. The summed E-state index contributed by atoms with van der Waals surface area (Å²) in [5.41, 5.74) is -1.17. The third-order valence-electron chi connectivity index (χ3n) is 5.54. The van der Waals surface area contributed by atoms with E-state index >= 15 is 0 Å². The van der Waals surface area contributed by atoms with Gasteiger partial charge in [-0.2, -0.15) is 0 Å². The number of hydrogen-bond acceptors (Lipinski definition) is 5. The maximum absolute atomic E-state index is 12.9. The molecule has 2 amide bonds. The zero-order valence-corrected chi connectivity index (χ0v) is 19.6. The highest BCUT2D eigenvalue weighted by Crippen LogP contribution is 2.31. The van der Waals surface area contributed by atoms with Crippen LogP contribution in [-0.2, 0) is 19.1 Å². The fourth-order valence-corrected chi connectivity index (χ4v) is 4.22. The highest BCUT2D eigenvalue weighted by atomic mass is 16.6. The number of ether oxygens (including phenoxy) is 2. The van der Waals surface area contributed by atoms with Gasteiger partial charge in [0.25, 0.3) is 0 Å². The second-order valence-electron chi connectivity index (χ2n) is 10.7. The zero-order chi connectivity index (χ0) is 22.5. The Labute approximate surface area is 181 Å². The van der Waals surface area contributed by atoms with E-state index < -0.39 is 23.3 Å². The van der Waals surface area contributed by atoms with Crippen molar-refractivity contribution < 1.29 is 23.9 Å². The van der Waals surface area contributed by atoms with E-state index in [1.54, 1.807) is 0 Å². The van der Waals surface area contributed by atoms with Crippen molar-refractivity contribution in [3.63, 3.8) is 0 Å². The Kier molecular flexibility index (Phi) is 8.17. The molecule has 0 aromatic rings. The molecule has 172 valence electrons. The summed E-state index contributed by atoms with van der Waals surface area (Å²) in [7, 11) is 0. The lowest BCUT2D eigenvalue weighted by Gasteiger charge is -2.29. The molecule has 0 spiro atoms. The average molecular weight is 425 g/mol.